The number of carboxylic acids is 1. The maximum Gasteiger partial charge on any atom is 0.372 e. The van der Waals surface area contributed by atoms with Gasteiger partial charge in [-0.1, -0.05) is 12.8 Å². The predicted molar refractivity (Wildman–Crippen MR) is 65.4 cm³/mol. The molecule has 0 aromatic carbocycles. The summed E-state index contributed by atoms with van der Waals surface area (Å²) in [5.74, 6) is -1.06. The summed E-state index contributed by atoms with van der Waals surface area (Å²) >= 11 is 0. The standard InChI is InChI=1S/C13H19NO4/c1-14(10-4-2-3-5-11(10)15)8-9-6-7-18-12(9)13(16)17/h6-7,10-11,15H,2-5,8H2,1H3,(H,16,17). The molecule has 1 saturated carbocycles. The van der Waals surface area contributed by atoms with Crippen LogP contribution in [-0.2, 0) is 6.54 Å². The average molecular weight is 253 g/mol. The Balaban J connectivity index is 2.03. The number of furan rings is 1. The van der Waals surface area contributed by atoms with E-state index in [1.54, 1.807) is 6.07 Å². The molecule has 1 heterocycles. The Morgan fingerprint density at radius 2 is 2.22 bits per heavy atom. The van der Waals surface area contributed by atoms with Crippen molar-refractivity contribution in [2.24, 2.45) is 0 Å². The van der Waals surface area contributed by atoms with E-state index in [4.69, 9.17) is 9.52 Å². The SMILES string of the molecule is CN(Cc1ccoc1C(=O)O)C1CCCCC1O. The van der Waals surface area contributed by atoms with Crippen LogP contribution in [0.25, 0.3) is 0 Å². The van der Waals surface area contributed by atoms with E-state index < -0.39 is 5.97 Å². The van der Waals surface area contributed by atoms with Crippen LogP contribution >= 0.6 is 0 Å². The van der Waals surface area contributed by atoms with Gasteiger partial charge in [-0.3, -0.25) is 4.90 Å². The molecular formula is C13H19NO4. The van der Waals surface area contributed by atoms with E-state index >= 15 is 0 Å². The summed E-state index contributed by atoms with van der Waals surface area (Å²) in [7, 11) is 1.91. The van der Waals surface area contributed by atoms with Gasteiger partial charge in [0, 0.05) is 18.2 Å². The van der Waals surface area contributed by atoms with E-state index in [0.29, 0.717) is 12.1 Å². The van der Waals surface area contributed by atoms with Crippen molar-refractivity contribution in [1.82, 2.24) is 4.90 Å². The first-order valence-corrected chi connectivity index (χ1v) is 6.27. The Hall–Kier alpha value is -1.33. The molecule has 0 spiro atoms. The third-order valence-corrected chi connectivity index (χ3v) is 3.62. The lowest BCUT2D eigenvalue weighted by Crippen LogP contribution is -2.42. The van der Waals surface area contributed by atoms with Crippen LogP contribution in [0.15, 0.2) is 16.7 Å². The molecular weight excluding hydrogens is 234 g/mol. The van der Waals surface area contributed by atoms with Crippen molar-refractivity contribution in [3.05, 3.63) is 23.7 Å². The van der Waals surface area contributed by atoms with Crippen molar-refractivity contribution >= 4 is 5.97 Å². The van der Waals surface area contributed by atoms with Crippen LogP contribution < -0.4 is 0 Å². The summed E-state index contributed by atoms with van der Waals surface area (Å²) in [5, 5.41) is 18.9. The predicted octanol–water partition coefficient (Wildman–Crippen LogP) is 1.71. The van der Waals surface area contributed by atoms with Crippen LogP contribution in [0.4, 0.5) is 0 Å². The molecule has 1 aromatic heterocycles. The van der Waals surface area contributed by atoms with Gasteiger partial charge >= 0.3 is 5.97 Å². The number of nitrogens with zero attached hydrogens (tertiary/aromatic N) is 1. The van der Waals surface area contributed by atoms with Gasteiger partial charge in [-0.25, -0.2) is 4.79 Å². The molecule has 2 N–H and O–H groups in total. The second-order valence-corrected chi connectivity index (χ2v) is 4.91. The van der Waals surface area contributed by atoms with Crippen molar-refractivity contribution < 1.29 is 19.4 Å². The quantitative estimate of drug-likeness (QED) is 0.854. The third kappa shape index (κ3) is 2.73. The van der Waals surface area contributed by atoms with Crippen LogP contribution in [0, 0.1) is 0 Å². The van der Waals surface area contributed by atoms with Crippen LogP contribution in [-0.4, -0.2) is 40.3 Å². The molecule has 0 amide bonds. The molecule has 0 radical (unpaired) electrons. The zero-order chi connectivity index (χ0) is 13.1. The van der Waals surface area contributed by atoms with Gasteiger partial charge in [-0.2, -0.15) is 0 Å². The van der Waals surface area contributed by atoms with Crippen LogP contribution in [0.3, 0.4) is 0 Å². The second-order valence-electron chi connectivity index (χ2n) is 4.91. The number of aromatic carboxylic acids is 1. The normalized spacial score (nSPS) is 24.4. The maximum atomic E-state index is 10.9. The minimum atomic E-state index is -1.05. The van der Waals surface area contributed by atoms with Gasteiger partial charge in [0.2, 0.25) is 5.76 Å². The van der Waals surface area contributed by atoms with E-state index in [9.17, 15) is 9.90 Å². The fraction of sp³-hybridized carbons (Fsp3) is 0.615. The number of likely N-dealkylation sites (N-methyl/N-ethyl adjacent to an activating group) is 1. The van der Waals surface area contributed by atoms with Crippen molar-refractivity contribution in [1.29, 1.82) is 0 Å². The van der Waals surface area contributed by atoms with E-state index in [1.807, 2.05) is 11.9 Å². The first-order chi connectivity index (χ1) is 8.59. The van der Waals surface area contributed by atoms with Crippen molar-refractivity contribution in [2.75, 3.05) is 7.05 Å². The number of hydrogen-bond acceptors (Lipinski definition) is 4. The largest absolute Gasteiger partial charge is 0.475 e. The Morgan fingerprint density at radius 3 is 2.89 bits per heavy atom. The second kappa shape index (κ2) is 5.54. The number of rotatable bonds is 4. The number of carbonyl (C=O) groups is 1. The summed E-state index contributed by atoms with van der Waals surface area (Å²) < 4.78 is 4.95. The Labute approximate surface area is 106 Å². The van der Waals surface area contributed by atoms with Crippen LogP contribution in [0.1, 0.15) is 41.8 Å². The van der Waals surface area contributed by atoms with Crippen LogP contribution in [0.5, 0.6) is 0 Å². The molecule has 1 aliphatic rings. The third-order valence-electron chi connectivity index (χ3n) is 3.62. The first-order valence-electron chi connectivity index (χ1n) is 6.27. The molecule has 1 fully saturated rings. The van der Waals surface area contributed by atoms with Crippen LogP contribution in [0.2, 0.25) is 0 Å². The maximum absolute atomic E-state index is 10.9. The highest BCUT2D eigenvalue weighted by molar-refractivity contribution is 5.86. The molecule has 18 heavy (non-hydrogen) atoms. The summed E-state index contributed by atoms with van der Waals surface area (Å²) in [6, 6.07) is 1.78. The van der Waals surface area contributed by atoms with Gasteiger partial charge < -0.3 is 14.6 Å². The molecule has 0 bridgehead atoms. The van der Waals surface area contributed by atoms with Crippen molar-refractivity contribution in [3.63, 3.8) is 0 Å². The molecule has 0 saturated heterocycles. The van der Waals surface area contributed by atoms with E-state index in [2.05, 4.69) is 0 Å². The lowest BCUT2D eigenvalue weighted by atomic mass is 9.91. The van der Waals surface area contributed by atoms with Gasteiger partial charge in [0.1, 0.15) is 0 Å². The molecule has 2 atom stereocenters. The van der Waals surface area contributed by atoms with E-state index in [-0.39, 0.29) is 17.9 Å². The lowest BCUT2D eigenvalue weighted by molar-refractivity contribution is 0.0285. The number of aliphatic hydroxyl groups excluding tert-OH is 1. The van der Waals surface area contributed by atoms with E-state index in [0.717, 1.165) is 25.7 Å². The number of carboxylic acid groups (broad SMARTS) is 1. The lowest BCUT2D eigenvalue weighted by Gasteiger charge is -2.35. The Kier molecular flexibility index (Phi) is 4.04. The van der Waals surface area contributed by atoms with Gasteiger partial charge in [0.25, 0.3) is 0 Å². The minimum Gasteiger partial charge on any atom is -0.475 e. The highest BCUT2D eigenvalue weighted by atomic mass is 16.4. The van der Waals surface area contributed by atoms with Gasteiger partial charge in [0.05, 0.1) is 12.4 Å². The zero-order valence-corrected chi connectivity index (χ0v) is 10.5. The minimum absolute atomic E-state index is 0.00727. The highest BCUT2D eigenvalue weighted by Gasteiger charge is 2.27. The average Bonchev–Trinajstić information content (AvgIpc) is 2.77. The fourth-order valence-corrected chi connectivity index (χ4v) is 2.64. The molecule has 5 nitrogen and oxygen atoms in total. The number of hydrogen-bond donors (Lipinski definition) is 2. The van der Waals surface area contributed by atoms with Gasteiger partial charge in [-0.05, 0) is 26.0 Å². The smallest absolute Gasteiger partial charge is 0.372 e. The Morgan fingerprint density at radius 1 is 1.50 bits per heavy atom. The monoisotopic (exact) mass is 253 g/mol. The van der Waals surface area contributed by atoms with Crippen molar-refractivity contribution in [3.8, 4) is 0 Å². The molecule has 1 aromatic rings. The number of aliphatic hydroxyl groups is 1. The topological polar surface area (TPSA) is 73.9 Å². The highest BCUT2D eigenvalue weighted by Crippen LogP contribution is 2.24. The fourth-order valence-electron chi connectivity index (χ4n) is 2.64. The first kappa shape index (κ1) is 13.1. The summed E-state index contributed by atoms with van der Waals surface area (Å²) in [6.45, 7) is 0.486. The van der Waals surface area contributed by atoms with Gasteiger partial charge in [-0.15, -0.1) is 0 Å². The molecule has 1 aliphatic carbocycles. The van der Waals surface area contributed by atoms with Gasteiger partial charge in [0.15, 0.2) is 0 Å². The molecule has 2 unspecified atom stereocenters. The van der Waals surface area contributed by atoms with E-state index in [1.165, 1.54) is 6.26 Å². The Bertz CT molecular complexity index is 415. The summed E-state index contributed by atoms with van der Waals surface area (Å²) in [4.78, 5) is 13.0. The summed E-state index contributed by atoms with van der Waals surface area (Å²) in [6.07, 6.45) is 5.04. The summed E-state index contributed by atoms with van der Waals surface area (Å²) in [5.41, 5.74) is 0.655. The zero-order valence-electron chi connectivity index (χ0n) is 10.5. The molecule has 0 aliphatic heterocycles. The van der Waals surface area contributed by atoms with Crippen molar-refractivity contribution in [2.45, 2.75) is 44.4 Å². The molecule has 5 heteroatoms. The molecule has 100 valence electrons. The molecule has 2 rings (SSSR count).